The van der Waals surface area contributed by atoms with Crippen molar-refractivity contribution in [3.05, 3.63) is 68.9 Å². The van der Waals surface area contributed by atoms with Crippen LogP contribution >= 0.6 is 22.6 Å². The molecule has 0 amide bonds. The van der Waals surface area contributed by atoms with Gasteiger partial charge >= 0.3 is 0 Å². The molecule has 0 saturated carbocycles. The highest BCUT2D eigenvalue weighted by Gasteiger charge is 2.30. The molecule has 1 saturated heterocycles. The van der Waals surface area contributed by atoms with Crippen molar-refractivity contribution in [1.29, 1.82) is 0 Å². The molecule has 10 heteroatoms. The monoisotopic (exact) mass is 635 g/mol. The standard InChI is InChI=1S/C27H34IN5O3S/c1-20-5-3-4-6-25(20)31-15-13-30(14-16-31)17-23(34)18-33-26-11-12-32(37(2,35)36)19-24(26)27(29-33)21-7-9-22(28)10-8-21/h3-10,23,34H,11-19H2,1-2H3. The van der Waals surface area contributed by atoms with Crippen LogP contribution in [0.25, 0.3) is 11.3 Å². The predicted octanol–water partition coefficient (Wildman–Crippen LogP) is 2.96. The molecule has 2 aliphatic rings. The molecule has 5 rings (SSSR count). The first-order valence-electron chi connectivity index (χ1n) is 12.7. The first-order valence-corrected chi connectivity index (χ1v) is 15.6. The number of aliphatic hydroxyl groups excluding tert-OH is 1. The number of sulfonamides is 1. The van der Waals surface area contributed by atoms with E-state index < -0.39 is 16.1 Å². The summed E-state index contributed by atoms with van der Waals surface area (Å²) in [5.74, 6) is 0. The van der Waals surface area contributed by atoms with E-state index in [0.29, 0.717) is 32.6 Å². The Morgan fingerprint density at radius 3 is 2.38 bits per heavy atom. The van der Waals surface area contributed by atoms with Gasteiger partial charge in [0.15, 0.2) is 0 Å². The number of fused-ring (bicyclic) bond motifs is 1. The lowest BCUT2D eigenvalue weighted by Crippen LogP contribution is -2.49. The van der Waals surface area contributed by atoms with Gasteiger partial charge in [-0.3, -0.25) is 9.58 Å². The molecule has 3 aromatic rings. The van der Waals surface area contributed by atoms with Gasteiger partial charge in [-0.2, -0.15) is 9.40 Å². The summed E-state index contributed by atoms with van der Waals surface area (Å²) in [6.07, 6.45) is 1.28. The highest BCUT2D eigenvalue weighted by Crippen LogP contribution is 2.31. The molecular weight excluding hydrogens is 601 g/mol. The molecule has 1 unspecified atom stereocenters. The van der Waals surface area contributed by atoms with Gasteiger partial charge < -0.3 is 10.0 Å². The number of benzene rings is 2. The van der Waals surface area contributed by atoms with Gasteiger partial charge in [-0.15, -0.1) is 0 Å². The highest BCUT2D eigenvalue weighted by molar-refractivity contribution is 14.1. The number of aryl methyl sites for hydroxylation is 1. The van der Waals surface area contributed by atoms with Crippen molar-refractivity contribution in [2.75, 3.05) is 50.4 Å². The van der Waals surface area contributed by atoms with Crippen LogP contribution in [0.1, 0.15) is 16.8 Å². The van der Waals surface area contributed by atoms with Crippen molar-refractivity contribution in [1.82, 2.24) is 19.0 Å². The Morgan fingerprint density at radius 1 is 1.00 bits per heavy atom. The number of halogens is 1. The molecule has 2 aliphatic heterocycles. The molecule has 0 aliphatic carbocycles. The summed E-state index contributed by atoms with van der Waals surface area (Å²) in [4.78, 5) is 4.74. The number of rotatable bonds is 7. The molecule has 37 heavy (non-hydrogen) atoms. The van der Waals surface area contributed by atoms with Crippen molar-refractivity contribution in [3.63, 3.8) is 0 Å². The minimum atomic E-state index is -3.30. The summed E-state index contributed by atoms with van der Waals surface area (Å²) < 4.78 is 29.1. The lowest BCUT2D eigenvalue weighted by atomic mass is 10.0. The second kappa shape index (κ2) is 11.0. The van der Waals surface area contributed by atoms with Gasteiger partial charge in [0.05, 0.1) is 24.6 Å². The molecule has 198 valence electrons. The maximum absolute atomic E-state index is 12.3. The lowest BCUT2D eigenvalue weighted by Gasteiger charge is -2.37. The number of hydrogen-bond donors (Lipinski definition) is 1. The molecule has 0 radical (unpaired) electrons. The van der Waals surface area contributed by atoms with E-state index in [0.717, 1.165) is 52.3 Å². The fourth-order valence-corrected chi connectivity index (χ4v) is 6.53. The first kappa shape index (κ1) is 26.6. The van der Waals surface area contributed by atoms with E-state index in [2.05, 4.69) is 63.6 Å². The molecular formula is C27H34IN5O3S. The fraction of sp³-hybridized carbons (Fsp3) is 0.444. The summed E-state index contributed by atoms with van der Waals surface area (Å²) >= 11 is 2.27. The van der Waals surface area contributed by atoms with Crippen molar-refractivity contribution in [2.45, 2.75) is 32.5 Å². The topological polar surface area (TPSA) is 81.9 Å². The average Bonchev–Trinajstić information content (AvgIpc) is 3.22. The molecule has 1 N–H and O–H groups in total. The molecule has 8 nitrogen and oxygen atoms in total. The van der Waals surface area contributed by atoms with Gasteiger partial charge in [0.1, 0.15) is 0 Å². The Labute approximate surface area is 233 Å². The maximum Gasteiger partial charge on any atom is 0.211 e. The molecule has 1 atom stereocenters. The van der Waals surface area contributed by atoms with Gasteiger partial charge in [0, 0.05) is 78.3 Å². The van der Waals surface area contributed by atoms with E-state index in [4.69, 9.17) is 5.10 Å². The van der Waals surface area contributed by atoms with Crippen molar-refractivity contribution < 1.29 is 13.5 Å². The van der Waals surface area contributed by atoms with Gasteiger partial charge in [-0.1, -0.05) is 30.3 Å². The van der Waals surface area contributed by atoms with Gasteiger partial charge in [-0.05, 0) is 53.3 Å². The molecule has 3 heterocycles. The second-order valence-electron chi connectivity index (χ2n) is 10.0. The van der Waals surface area contributed by atoms with Crippen LogP contribution in [0.2, 0.25) is 0 Å². The van der Waals surface area contributed by atoms with E-state index in [-0.39, 0.29) is 0 Å². The van der Waals surface area contributed by atoms with Gasteiger partial charge in [-0.25, -0.2) is 8.42 Å². The van der Waals surface area contributed by atoms with Crippen LogP contribution in [0, 0.1) is 10.5 Å². The number of aromatic nitrogens is 2. The van der Waals surface area contributed by atoms with Crippen molar-refractivity contribution >= 4 is 38.3 Å². The number of anilines is 1. The first-order chi connectivity index (χ1) is 17.7. The Balaban J connectivity index is 1.29. The lowest BCUT2D eigenvalue weighted by molar-refractivity contribution is 0.0911. The third-order valence-electron chi connectivity index (χ3n) is 7.37. The minimum absolute atomic E-state index is 0.312. The number of β-amino-alcohol motifs (C(OH)–C–C–N with tert-alkyl or cyclic N) is 1. The third-order valence-corrected chi connectivity index (χ3v) is 9.34. The summed E-state index contributed by atoms with van der Waals surface area (Å²) in [7, 11) is -3.30. The molecule has 0 bridgehead atoms. The van der Waals surface area contributed by atoms with E-state index in [1.807, 2.05) is 28.9 Å². The Morgan fingerprint density at radius 2 is 1.70 bits per heavy atom. The van der Waals surface area contributed by atoms with Gasteiger partial charge in [0.25, 0.3) is 0 Å². The summed E-state index contributed by atoms with van der Waals surface area (Å²) in [5, 5.41) is 16.0. The van der Waals surface area contributed by atoms with Crippen LogP contribution in [-0.2, 0) is 29.5 Å². The van der Waals surface area contributed by atoms with Gasteiger partial charge in [0.2, 0.25) is 10.0 Å². The van der Waals surface area contributed by atoms with Crippen molar-refractivity contribution in [2.24, 2.45) is 0 Å². The van der Waals surface area contributed by atoms with Crippen molar-refractivity contribution in [3.8, 4) is 11.3 Å². The minimum Gasteiger partial charge on any atom is -0.390 e. The van der Waals surface area contributed by atoms with Crippen LogP contribution in [0.4, 0.5) is 5.69 Å². The normalized spacial score (nSPS) is 18.1. The molecule has 0 spiro atoms. The number of hydrogen-bond acceptors (Lipinski definition) is 6. The van der Waals surface area contributed by atoms with E-state index in [1.54, 1.807) is 0 Å². The quantitative estimate of drug-likeness (QED) is 0.403. The molecule has 2 aromatic carbocycles. The molecule has 1 aromatic heterocycles. The van der Waals surface area contributed by atoms with Crippen LogP contribution < -0.4 is 4.90 Å². The zero-order chi connectivity index (χ0) is 26.2. The number of piperazine rings is 1. The second-order valence-corrected chi connectivity index (χ2v) is 13.3. The maximum atomic E-state index is 12.3. The average molecular weight is 636 g/mol. The SMILES string of the molecule is Cc1ccccc1N1CCN(CC(O)Cn2nc(-c3ccc(I)cc3)c3c2CCN(S(C)(=O)=O)C3)CC1. The zero-order valence-electron chi connectivity index (χ0n) is 21.3. The molecule has 1 fully saturated rings. The smallest absolute Gasteiger partial charge is 0.211 e. The number of nitrogens with zero attached hydrogens (tertiary/aromatic N) is 5. The summed E-state index contributed by atoms with van der Waals surface area (Å²) in [6, 6.07) is 16.6. The zero-order valence-corrected chi connectivity index (χ0v) is 24.3. The number of aliphatic hydroxyl groups is 1. The van der Waals surface area contributed by atoms with E-state index in [9.17, 15) is 13.5 Å². The van der Waals surface area contributed by atoms with E-state index >= 15 is 0 Å². The number of para-hydroxylation sites is 1. The predicted molar refractivity (Wildman–Crippen MR) is 155 cm³/mol. The largest absolute Gasteiger partial charge is 0.390 e. The summed E-state index contributed by atoms with van der Waals surface area (Å²) in [6.45, 7) is 7.55. The Bertz CT molecular complexity index is 1350. The Hall–Kier alpha value is -1.99. The third kappa shape index (κ3) is 6.03. The van der Waals surface area contributed by atoms with Crippen LogP contribution in [-0.4, -0.2) is 84.1 Å². The fourth-order valence-electron chi connectivity index (χ4n) is 5.38. The van der Waals surface area contributed by atoms with Crippen LogP contribution in [0.5, 0.6) is 0 Å². The van der Waals surface area contributed by atoms with Crippen LogP contribution in [0.15, 0.2) is 48.5 Å². The Kier molecular flexibility index (Phi) is 7.92. The van der Waals surface area contributed by atoms with Crippen LogP contribution in [0.3, 0.4) is 0 Å². The van der Waals surface area contributed by atoms with E-state index in [1.165, 1.54) is 21.8 Å². The summed E-state index contributed by atoms with van der Waals surface area (Å²) in [5.41, 5.74) is 6.31. The highest BCUT2D eigenvalue weighted by atomic mass is 127.